The van der Waals surface area contributed by atoms with Crippen LogP contribution in [0.4, 0.5) is 0 Å². The summed E-state index contributed by atoms with van der Waals surface area (Å²) < 4.78 is 32.7. The largest absolute Gasteiger partial charge is 0.492 e. The Morgan fingerprint density at radius 2 is 2.04 bits per heavy atom. The first-order chi connectivity index (χ1) is 12.2. The van der Waals surface area contributed by atoms with Crippen LogP contribution in [0.5, 0.6) is 5.75 Å². The minimum atomic E-state index is -3.47. The molecule has 1 aromatic carbocycles. The van der Waals surface area contributed by atoms with Gasteiger partial charge in [-0.3, -0.25) is 4.79 Å². The molecule has 1 heterocycles. The quantitative estimate of drug-likeness (QED) is 0.720. The number of benzene rings is 1. The van der Waals surface area contributed by atoms with Crippen LogP contribution in [0, 0.1) is 19.8 Å². The molecule has 0 aliphatic carbocycles. The summed E-state index contributed by atoms with van der Waals surface area (Å²) in [6.07, 6.45) is 1.38. The normalized spacial score (nSPS) is 18.7. The zero-order valence-corrected chi connectivity index (χ0v) is 16.8. The van der Waals surface area contributed by atoms with Gasteiger partial charge < -0.3 is 10.1 Å². The fourth-order valence-corrected chi connectivity index (χ4v) is 4.08. The number of carbonyl (C=O) groups excluding carboxylic acids is 1. The maximum Gasteiger partial charge on any atom is 0.281 e. The highest BCUT2D eigenvalue weighted by Gasteiger charge is 2.33. The van der Waals surface area contributed by atoms with Crippen molar-refractivity contribution >= 4 is 16.1 Å². The van der Waals surface area contributed by atoms with Gasteiger partial charge in [-0.1, -0.05) is 6.07 Å². The van der Waals surface area contributed by atoms with Gasteiger partial charge in [0.1, 0.15) is 12.4 Å². The Hall–Kier alpha value is -1.64. The lowest BCUT2D eigenvalue weighted by molar-refractivity contribution is -0.126. The lowest BCUT2D eigenvalue weighted by Gasteiger charge is -2.32. The number of ether oxygens (including phenoxy) is 1. The van der Waals surface area contributed by atoms with Crippen LogP contribution in [0.15, 0.2) is 18.2 Å². The molecule has 1 aliphatic rings. The van der Waals surface area contributed by atoms with Crippen LogP contribution in [-0.2, 0) is 15.0 Å². The Kier molecular flexibility index (Phi) is 7.02. The monoisotopic (exact) mass is 383 g/mol. The van der Waals surface area contributed by atoms with Crippen molar-refractivity contribution < 1.29 is 17.9 Å². The predicted octanol–water partition coefficient (Wildman–Crippen LogP) is 1.32. The molecule has 1 saturated heterocycles. The van der Waals surface area contributed by atoms with Crippen LogP contribution in [-0.4, -0.2) is 63.3 Å². The first kappa shape index (κ1) is 20.7. The molecule has 146 valence electrons. The van der Waals surface area contributed by atoms with Gasteiger partial charge in [-0.15, -0.1) is 0 Å². The molecule has 26 heavy (non-hydrogen) atoms. The van der Waals surface area contributed by atoms with E-state index < -0.39 is 10.2 Å². The number of aryl methyl sites for hydroxylation is 2. The van der Waals surface area contributed by atoms with Crippen LogP contribution in [0.1, 0.15) is 24.0 Å². The fourth-order valence-electron chi connectivity index (χ4n) is 2.89. The number of hydrogen-bond acceptors (Lipinski definition) is 4. The highest BCUT2D eigenvalue weighted by Crippen LogP contribution is 2.20. The summed E-state index contributed by atoms with van der Waals surface area (Å²) in [5, 5.41) is 2.85. The van der Waals surface area contributed by atoms with Gasteiger partial charge in [-0.05, 0) is 49.9 Å². The summed E-state index contributed by atoms with van der Waals surface area (Å²) in [6, 6.07) is 5.89. The molecule has 1 atom stereocenters. The molecule has 8 heteroatoms. The van der Waals surface area contributed by atoms with Crippen molar-refractivity contribution in [2.75, 3.05) is 40.3 Å². The third kappa shape index (κ3) is 5.18. The van der Waals surface area contributed by atoms with Gasteiger partial charge in [0.15, 0.2) is 0 Å². The van der Waals surface area contributed by atoms with Gasteiger partial charge in [0.2, 0.25) is 5.91 Å². The third-order valence-corrected chi connectivity index (χ3v) is 6.60. The van der Waals surface area contributed by atoms with Gasteiger partial charge in [-0.25, -0.2) is 0 Å². The molecule has 0 unspecified atom stereocenters. The molecule has 0 aromatic heterocycles. The van der Waals surface area contributed by atoms with Crippen molar-refractivity contribution in [2.45, 2.75) is 26.7 Å². The molecule has 1 aliphatic heterocycles. The second-order valence-electron chi connectivity index (χ2n) is 6.87. The van der Waals surface area contributed by atoms with E-state index >= 15 is 0 Å². The molecule has 0 bridgehead atoms. The minimum Gasteiger partial charge on any atom is -0.492 e. The van der Waals surface area contributed by atoms with E-state index in [0.29, 0.717) is 32.5 Å². The second-order valence-corrected chi connectivity index (χ2v) is 9.02. The lowest BCUT2D eigenvalue weighted by atomic mass is 9.99. The topological polar surface area (TPSA) is 79.0 Å². The van der Waals surface area contributed by atoms with Crippen molar-refractivity contribution in [3.63, 3.8) is 0 Å². The molecule has 1 N–H and O–H groups in total. The number of rotatable bonds is 7. The van der Waals surface area contributed by atoms with Gasteiger partial charge in [0, 0.05) is 27.2 Å². The van der Waals surface area contributed by atoms with E-state index in [1.807, 2.05) is 32.0 Å². The van der Waals surface area contributed by atoms with E-state index in [2.05, 4.69) is 5.32 Å². The molecule has 0 saturated carbocycles. The van der Waals surface area contributed by atoms with E-state index in [1.54, 1.807) is 0 Å². The van der Waals surface area contributed by atoms with E-state index in [1.165, 1.54) is 28.3 Å². The Morgan fingerprint density at radius 3 is 2.69 bits per heavy atom. The Bertz CT molecular complexity index is 734. The first-order valence-corrected chi connectivity index (χ1v) is 10.3. The second kappa shape index (κ2) is 8.83. The molecule has 1 aromatic rings. The van der Waals surface area contributed by atoms with Gasteiger partial charge in [0.05, 0.1) is 12.5 Å². The summed E-state index contributed by atoms with van der Waals surface area (Å²) in [5.74, 6) is 0.343. The number of piperidine rings is 1. The predicted molar refractivity (Wildman–Crippen MR) is 101 cm³/mol. The summed E-state index contributed by atoms with van der Waals surface area (Å²) >= 11 is 0. The van der Waals surface area contributed by atoms with Crippen LogP contribution < -0.4 is 10.1 Å². The van der Waals surface area contributed by atoms with E-state index in [9.17, 15) is 13.2 Å². The summed E-state index contributed by atoms with van der Waals surface area (Å²) in [5.41, 5.74) is 2.37. The number of amides is 1. The van der Waals surface area contributed by atoms with E-state index in [-0.39, 0.29) is 18.4 Å². The third-order valence-electron chi connectivity index (χ3n) is 4.69. The average Bonchev–Trinajstić information content (AvgIpc) is 2.61. The van der Waals surface area contributed by atoms with Crippen LogP contribution in [0.25, 0.3) is 0 Å². The molecule has 2 rings (SSSR count). The standard InChI is InChI=1S/C18H29N3O4S/c1-14-7-8-17(12-15(14)2)25-11-9-19-18(22)16-6-5-10-21(13-16)26(23,24)20(3)4/h7-8,12,16H,5-6,9-11,13H2,1-4H3,(H,19,22)/t16-/m1/s1. The van der Waals surface area contributed by atoms with E-state index in [4.69, 9.17) is 4.74 Å². The highest BCUT2D eigenvalue weighted by atomic mass is 32.2. The molecular weight excluding hydrogens is 354 g/mol. The maximum absolute atomic E-state index is 12.3. The van der Waals surface area contributed by atoms with Crippen LogP contribution >= 0.6 is 0 Å². The Morgan fingerprint density at radius 1 is 1.31 bits per heavy atom. The fraction of sp³-hybridized carbons (Fsp3) is 0.611. The number of hydrogen-bond donors (Lipinski definition) is 1. The summed E-state index contributed by atoms with van der Waals surface area (Å²) in [4.78, 5) is 12.3. The average molecular weight is 384 g/mol. The van der Waals surface area contributed by atoms with Crippen molar-refractivity contribution in [3.8, 4) is 5.75 Å². The molecule has 0 radical (unpaired) electrons. The molecule has 1 amide bonds. The number of carbonyl (C=O) groups is 1. The smallest absolute Gasteiger partial charge is 0.281 e. The molecule has 0 spiro atoms. The Labute approximate surface area is 156 Å². The SMILES string of the molecule is Cc1ccc(OCCNC(=O)[C@@H]2CCCN(S(=O)(=O)N(C)C)C2)cc1C. The van der Waals surface area contributed by atoms with E-state index in [0.717, 1.165) is 11.3 Å². The zero-order chi connectivity index (χ0) is 19.3. The van der Waals surface area contributed by atoms with Crippen molar-refractivity contribution in [1.82, 2.24) is 13.9 Å². The highest BCUT2D eigenvalue weighted by molar-refractivity contribution is 7.86. The van der Waals surface area contributed by atoms with Crippen LogP contribution in [0.2, 0.25) is 0 Å². The van der Waals surface area contributed by atoms with Gasteiger partial charge >= 0.3 is 0 Å². The zero-order valence-electron chi connectivity index (χ0n) is 16.0. The van der Waals surface area contributed by atoms with Gasteiger partial charge in [-0.2, -0.15) is 17.0 Å². The van der Waals surface area contributed by atoms with Gasteiger partial charge in [0.25, 0.3) is 10.2 Å². The molecule has 7 nitrogen and oxygen atoms in total. The summed E-state index contributed by atoms with van der Waals surface area (Å²) in [6.45, 7) is 5.53. The molecule has 1 fully saturated rings. The van der Waals surface area contributed by atoms with Crippen molar-refractivity contribution in [1.29, 1.82) is 0 Å². The Balaban J connectivity index is 1.79. The first-order valence-electron chi connectivity index (χ1n) is 8.87. The number of nitrogens with one attached hydrogen (secondary N) is 1. The summed E-state index contributed by atoms with van der Waals surface area (Å²) in [7, 11) is -0.467. The number of nitrogens with zero attached hydrogens (tertiary/aromatic N) is 2. The van der Waals surface area contributed by atoms with Crippen molar-refractivity contribution in [3.05, 3.63) is 29.3 Å². The maximum atomic E-state index is 12.3. The minimum absolute atomic E-state index is 0.118. The van der Waals surface area contributed by atoms with Crippen LogP contribution in [0.3, 0.4) is 0 Å². The van der Waals surface area contributed by atoms with Crippen molar-refractivity contribution in [2.24, 2.45) is 5.92 Å². The lowest BCUT2D eigenvalue weighted by Crippen LogP contribution is -2.49. The molecular formula is C18H29N3O4S.